The van der Waals surface area contributed by atoms with Crippen molar-refractivity contribution in [2.45, 2.75) is 0 Å². The zero-order valence-electron chi connectivity index (χ0n) is 13.9. The zero-order valence-corrected chi connectivity index (χ0v) is 13.9. The van der Waals surface area contributed by atoms with Gasteiger partial charge < -0.3 is 16.0 Å². The maximum Gasteiger partial charge on any atom is 0.348 e. The fourth-order valence-corrected chi connectivity index (χ4v) is 2.82. The van der Waals surface area contributed by atoms with Crippen LogP contribution in [0.5, 0.6) is 0 Å². The van der Waals surface area contributed by atoms with Gasteiger partial charge in [-0.15, -0.1) is 0 Å². The molecule has 0 aliphatic carbocycles. The molecule has 4 rings (SSSR count). The highest BCUT2D eigenvalue weighted by molar-refractivity contribution is 5.97. The monoisotopic (exact) mass is 362 g/mol. The average molecular weight is 362 g/mol. The smallest absolute Gasteiger partial charge is 0.348 e. The summed E-state index contributed by atoms with van der Waals surface area (Å²) in [5.41, 5.74) is 8.63. The normalized spacial score (nSPS) is 10.8. The number of hydrogen-bond acceptors (Lipinski definition) is 5. The lowest BCUT2D eigenvalue weighted by atomic mass is 10.1. The predicted octanol–water partition coefficient (Wildman–Crippen LogP) is 3.60. The third-order valence-corrected chi connectivity index (χ3v) is 4.12. The van der Waals surface area contributed by atoms with Gasteiger partial charge in [-0.3, -0.25) is 10.1 Å². The van der Waals surface area contributed by atoms with Gasteiger partial charge in [0.15, 0.2) is 0 Å². The Bertz CT molecular complexity index is 1160. The summed E-state index contributed by atoms with van der Waals surface area (Å²) in [5, 5.41) is 18.6. The van der Waals surface area contributed by atoms with Crippen molar-refractivity contribution < 1.29 is 9.72 Å². The highest BCUT2D eigenvalue weighted by Crippen LogP contribution is 2.28. The lowest BCUT2D eigenvalue weighted by molar-refractivity contribution is -0.384. The number of carbonyl (C=O) groups excluding carboxylic acids is 1. The quantitative estimate of drug-likeness (QED) is 0.378. The molecule has 0 saturated heterocycles. The standard InChI is InChI=1S/C18H14N6O3/c19-17-9-16(14-10-20-15-4-2-1-3-13(14)15)22-23(17)18(25)21-11-5-7-12(8-6-11)24(26)27/h1-10,20H,19H2,(H,21,25). The molecule has 4 aromatic rings. The van der Waals surface area contributed by atoms with Crippen LogP contribution in [0.25, 0.3) is 22.2 Å². The van der Waals surface area contributed by atoms with Gasteiger partial charge in [0.2, 0.25) is 0 Å². The number of carbonyl (C=O) groups is 1. The van der Waals surface area contributed by atoms with Crippen molar-refractivity contribution in [3.05, 3.63) is 70.9 Å². The van der Waals surface area contributed by atoms with Crippen molar-refractivity contribution in [1.29, 1.82) is 0 Å². The Morgan fingerprint density at radius 3 is 2.67 bits per heavy atom. The summed E-state index contributed by atoms with van der Waals surface area (Å²) < 4.78 is 1.05. The number of fused-ring (bicyclic) bond motifs is 1. The van der Waals surface area contributed by atoms with Gasteiger partial charge in [0.05, 0.1) is 10.6 Å². The maximum absolute atomic E-state index is 12.5. The van der Waals surface area contributed by atoms with Crippen molar-refractivity contribution in [3.63, 3.8) is 0 Å². The minimum Gasteiger partial charge on any atom is -0.383 e. The maximum atomic E-state index is 12.5. The van der Waals surface area contributed by atoms with Crippen LogP contribution < -0.4 is 11.1 Å². The lowest BCUT2D eigenvalue weighted by Crippen LogP contribution is -2.22. The van der Waals surface area contributed by atoms with Gasteiger partial charge in [-0.05, 0) is 18.2 Å². The summed E-state index contributed by atoms with van der Waals surface area (Å²) in [6, 6.07) is 14.3. The molecule has 0 saturated carbocycles. The molecule has 0 spiro atoms. The number of nitrogens with one attached hydrogen (secondary N) is 2. The Morgan fingerprint density at radius 1 is 1.19 bits per heavy atom. The van der Waals surface area contributed by atoms with E-state index in [-0.39, 0.29) is 11.5 Å². The third kappa shape index (κ3) is 2.97. The van der Waals surface area contributed by atoms with Crippen molar-refractivity contribution in [3.8, 4) is 11.3 Å². The molecule has 0 aliphatic heterocycles. The zero-order chi connectivity index (χ0) is 19.0. The summed E-state index contributed by atoms with van der Waals surface area (Å²) in [6.07, 6.45) is 1.81. The number of amides is 1. The molecule has 0 aliphatic rings. The number of anilines is 2. The van der Waals surface area contributed by atoms with E-state index in [9.17, 15) is 14.9 Å². The minimum atomic E-state index is -0.563. The topological polar surface area (TPSA) is 132 Å². The van der Waals surface area contributed by atoms with Crippen LogP contribution in [0.3, 0.4) is 0 Å². The Balaban J connectivity index is 1.61. The number of nitrogens with two attached hydrogens (primary N) is 1. The highest BCUT2D eigenvalue weighted by atomic mass is 16.6. The molecule has 9 nitrogen and oxygen atoms in total. The molecule has 2 aromatic carbocycles. The van der Waals surface area contributed by atoms with Crippen molar-refractivity contribution in [2.24, 2.45) is 0 Å². The SMILES string of the molecule is Nc1cc(-c2c[nH]c3ccccc23)nn1C(=O)Nc1ccc([N+](=O)[O-])cc1. The van der Waals surface area contributed by atoms with Crippen molar-refractivity contribution >= 4 is 34.1 Å². The van der Waals surface area contributed by atoms with E-state index in [1.807, 2.05) is 30.5 Å². The van der Waals surface area contributed by atoms with Gasteiger partial charge in [0.25, 0.3) is 5.69 Å². The number of benzene rings is 2. The number of rotatable bonds is 3. The Morgan fingerprint density at radius 2 is 1.93 bits per heavy atom. The van der Waals surface area contributed by atoms with Crippen LogP contribution >= 0.6 is 0 Å². The summed E-state index contributed by atoms with van der Waals surface area (Å²) in [7, 11) is 0. The van der Waals surface area contributed by atoms with Crippen molar-refractivity contribution in [1.82, 2.24) is 14.8 Å². The molecule has 9 heteroatoms. The number of aromatic nitrogens is 3. The molecular formula is C18H14N6O3. The van der Waals surface area contributed by atoms with E-state index in [1.54, 1.807) is 6.07 Å². The molecule has 1 amide bonds. The van der Waals surface area contributed by atoms with Crippen LogP contribution in [0.15, 0.2) is 60.8 Å². The molecule has 0 atom stereocenters. The number of H-pyrrole nitrogens is 1. The van der Waals surface area contributed by atoms with Gasteiger partial charge in [-0.2, -0.15) is 9.78 Å². The fraction of sp³-hybridized carbons (Fsp3) is 0. The van der Waals surface area contributed by atoms with Crippen LogP contribution in [0, 0.1) is 10.1 Å². The molecule has 134 valence electrons. The predicted molar refractivity (Wildman–Crippen MR) is 101 cm³/mol. The van der Waals surface area contributed by atoms with Crippen molar-refractivity contribution in [2.75, 3.05) is 11.1 Å². The van der Waals surface area contributed by atoms with Gasteiger partial charge >= 0.3 is 6.03 Å². The Hall–Kier alpha value is -4.14. The van der Waals surface area contributed by atoms with E-state index in [2.05, 4.69) is 15.4 Å². The molecule has 27 heavy (non-hydrogen) atoms. The number of hydrogen-bond donors (Lipinski definition) is 3. The van der Waals surface area contributed by atoms with E-state index in [1.165, 1.54) is 24.3 Å². The van der Waals surface area contributed by atoms with E-state index in [0.717, 1.165) is 21.1 Å². The number of nitro groups is 1. The molecule has 0 bridgehead atoms. The Kier molecular flexibility index (Phi) is 3.81. The number of non-ortho nitro benzene ring substituents is 1. The fourth-order valence-electron chi connectivity index (χ4n) is 2.82. The second-order valence-corrected chi connectivity index (χ2v) is 5.85. The highest BCUT2D eigenvalue weighted by Gasteiger charge is 2.16. The first-order chi connectivity index (χ1) is 13.0. The third-order valence-electron chi connectivity index (χ3n) is 4.12. The molecule has 0 unspecified atom stereocenters. The van der Waals surface area contributed by atoms with Gasteiger partial charge in [-0.25, -0.2) is 4.79 Å². The van der Waals surface area contributed by atoms with Crippen LogP contribution in [-0.4, -0.2) is 25.7 Å². The van der Waals surface area contributed by atoms with Crippen LogP contribution in [0.2, 0.25) is 0 Å². The number of aromatic amines is 1. The van der Waals surface area contributed by atoms with Gasteiger partial charge in [-0.1, -0.05) is 18.2 Å². The molecule has 4 N–H and O–H groups in total. The summed E-state index contributed by atoms with van der Waals surface area (Å²) in [6.45, 7) is 0. The average Bonchev–Trinajstić information content (AvgIpc) is 3.25. The van der Waals surface area contributed by atoms with Crippen LogP contribution in [0.4, 0.5) is 22.0 Å². The second-order valence-electron chi connectivity index (χ2n) is 5.85. The molecule has 0 fully saturated rings. The van der Waals surface area contributed by atoms with E-state index in [4.69, 9.17) is 5.73 Å². The largest absolute Gasteiger partial charge is 0.383 e. The number of para-hydroxylation sites is 1. The number of nitro benzene ring substituents is 1. The molecule has 2 aromatic heterocycles. The Labute approximate surface area is 152 Å². The lowest BCUT2D eigenvalue weighted by Gasteiger charge is -2.05. The molecular weight excluding hydrogens is 348 g/mol. The van der Waals surface area contributed by atoms with Gasteiger partial charge in [0.1, 0.15) is 5.82 Å². The first-order valence-corrected chi connectivity index (χ1v) is 8.01. The minimum absolute atomic E-state index is 0.0618. The van der Waals surface area contributed by atoms with Crippen LogP contribution in [-0.2, 0) is 0 Å². The van der Waals surface area contributed by atoms with Gasteiger partial charge in [0, 0.05) is 46.5 Å². The first kappa shape index (κ1) is 16.3. The second kappa shape index (κ2) is 6.30. The molecule has 0 radical (unpaired) electrons. The summed E-state index contributed by atoms with van der Waals surface area (Å²) >= 11 is 0. The van der Waals surface area contributed by atoms with E-state index >= 15 is 0 Å². The molecule has 2 heterocycles. The van der Waals surface area contributed by atoms with Crippen LogP contribution in [0.1, 0.15) is 0 Å². The van der Waals surface area contributed by atoms with E-state index < -0.39 is 11.0 Å². The van der Waals surface area contributed by atoms with E-state index in [0.29, 0.717) is 11.4 Å². The number of nitrogen functional groups attached to an aromatic ring is 1. The summed E-state index contributed by atoms with van der Waals surface area (Å²) in [5.74, 6) is 0.176. The first-order valence-electron chi connectivity index (χ1n) is 8.01. The summed E-state index contributed by atoms with van der Waals surface area (Å²) in [4.78, 5) is 25.8. The number of nitrogens with zero attached hydrogens (tertiary/aromatic N) is 3.